The first-order chi connectivity index (χ1) is 12.8. The Morgan fingerprint density at radius 2 is 2.04 bits per heavy atom. The van der Waals surface area contributed by atoms with Crippen LogP contribution in [0.3, 0.4) is 0 Å². The minimum Gasteiger partial charge on any atom is -0.383 e. The third-order valence-electron chi connectivity index (χ3n) is 5.00. The maximum atomic E-state index is 13.1. The molecule has 0 atom stereocenters. The van der Waals surface area contributed by atoms with Crippen LogP contribution in [0.15, 0.2) is 17.4 Å². The third kappa shape index (κ3) is 3.31. The van der Waals surface area contributed by atoms with Crippen molar-refractivity contribution in [1.29, 1.82) is 0 Å². The molecule has 8 heteroatoms. The predicted molar refractivity (Wildman–Crippen MR) is 101 cm³/mol. The lowest BCUT2D eigenvalue weighted by molar-refractivity contribution is 0.186. The number of hydrogen-bond donors (Lipinski definition) is 0. The summed E-state index contributed by atoms with van der Waals surface area (Å²) >= 11 is 1.70. The molecule has 1 aliphatic rings. The number of methoxy groups -OCH3 is 1. The standard InChI is InChI=1S/C18H23N5O2S/c1-25-10-9-22-12-20-21-15(22)7-8-23-11-19-17-16(18(23)24)13-5-3-2-4-6-14(13)26-17/h11-12H,2-10H2,1H3. The lowest BCUT2D eigenvalue weighted by Gasteiger charge is -2.08. The summed E-state index contributed by atoms with van der Waals surface area (Å²) in [6.07, 6.45) is 9.73. The molecule has 0 bridgehead atoms. The van der Waals surface area contributed by atoms with Crippen molar-refractivity contribution >= 4 is 21.6 Å². The molecule has 0 saturated carbocycles. The summed E-state index contributed by atoms with van der Waals surface area (Å²) in [6, 6.07) is 0. The number of aryl methyl sites for hydroxylation is 4. The van der Waals surface area contributed by atoms with Crippen molar-refractivity contribution < 1.29 is 4.74 Å². The van der Waals surface area contributed by atoms with E-state index in [1.807, 2.05) is 4.57 Å². The van der Waals surface area contributed by atoms with Crippen molar-refractivity contribution in [3.05, 3.63) is 39.3 Å². The van der Waals surface area contributed by atoms with Crippen LogP contribution in [-0.4, -0.2) is 38.0 Å². The molecule has 0 fully saturated rings. The van der Waals surface area contributed by atoms with Gasteiger partial charge in [0.1, 0.15) is 17.0 Å². The van der Waals surface area contributed by atoms with Gasteiger partial charge < -0.3 is 9.30 Å². The van der Waals surface area contributed by atoms with Crippen molar-refractivity contribution in [2.75, 3.05) is 13.7 Å². The molecule has 0 radical (unpaired) electrons. The average molecular weight is 373 g/mol. The predicted octanol–water partition coefficient (Wildman–Crippen LogP) is 2.21. The van der Waals surface area contributed by atoms with E-state index >= 15 is 0 Å². The Bertz CT molecular complexity index is 958. The summed E-state index contributed by atoms with van der Waals surface area (Å²) in [7, 11) is 1.67. The van der Waals surface area contributed by atoms with Gasteiger partial charge in [-0.1, -0.05) is 6.42 Å². The summed E-state index contributed by atoms with van der Waals surface area (Å²) in [5.41, 5.74) is 1.33. The average Bonchev–Trinajstić information content (AvgIpc) is 3.17. The smallest absolute Gasteiger partial charge is 0.262 e. The molecular weight excluding hydrogens is 350 g/mol. The molecule has 0 N–H and O–H groups in total. The number of ether oxygens (including phenoxy) is 1. The highest BCUT2D eigenvalue weighted by molar-refractivity contribution is 7.18. The molecule has 3 aromatic heterocycles. The van der Waals surface area contributed by atoms with Gasteiger partial charge in [-0.05, 0) is 31.2 Å². The Labute approximate surface area is 155 Å². The molecule has 0 amide bonds. The zero-order valence-corrected chi connectivity index (χ0v) is 15.8. The van der Waals surface area contributed by atoms with Gasteiger partial charge in [-0.15, -0.1) is 21.5 Å². The van der Waals surface area contributed by atoms with Crippen molar-refractivity contribution in [3.63, 3.8) is 0 Å². The maximum Gasteiger partial charge on any atom is 0.262 e. The van der Waals surface area contributed by atoms with Gasteiger partial charge in [0.2, 0.25) is 0 Å². The van der Waals surface area contributed by atoms with Crippen molar-refractivity contribution in [2.45, 2.75) is 51.6 Å². The summed E-state index contributed by atoms with van der Waals surface area (Å²) in [4.78, 5) is 19.9. The van der Waals surface area contributed by atoms with Gasteiger partial charge in [0, 0.05) is 31.5 Å². The Morgan fingerprint density at radius 1 is 1.15 bits per heavy atom. The van der Waals surface area contributed by atoms with Gasteiger partial charge in [-0.2, -0.15) is 0 Å². The van der Waals surface area contributed by atoms with Crippen molar-refractivity contribution in [1.82, 2.24) is 24.3 Å². The molecular formula is C18H23N5O2S. The Hall–Kier alpha value is -2.06. The van der Waals surface area contributed by atoms with Gasteiger partial charge in [0.05, 0.1) is 18.3 Å². The van der Waals surface area contributed by atoms with Crippen LogP contribution in [0.1, 0.15) is 35.5 Å². The first kappa shape index (κ1) is 17.4. The molecule has 4 rings (SSSR count). The summed E-state index contributed by atoms with van der Waals surface area (Å²) in [6.45, 7) is 1.88. The number of rotatable bonds is 6. The Balaban J connectivity index is 1.60. The van der Waals surface area contributed by atoms with Crippen LogP contribution in [0.5, 0.6) is 0 Å². The van der Waals surface area contributed by atoms with E-state index < -0.39 is 0 Å². The minimum atomic E-state index is 0.0809. The van der Waals surface area contributed by atoms with Gasteiger partial charge in [-0.3, -0.25) is 9.36 Å². The fourth-order valence-electron chi connectivity index (χ4n) is 3.59. The largest absolute Gasteiger partial charge is 0.383 e. The van der Waals surface area contributed by atoms with E-state index in [1.165, 1.54) is 23.3 Å². The number of thiophene rings is 1. The highest BCUT2D eigenvalue weighted by Gasteiger charge is 2.19. The van der Waals surface area contributed by atoms with Crippen LogP contribution < -0.4 is 5.56 Å². The van der Waals surface area contributed by atoms with Gasteiger partial charge in [-0.25, -0.2) is 4.98 Å². The van der Waals surface area contributed by atoms with Crippen molar-refractivity contribution in [3.8, 4) is 0 Å². The van der Waals surface area contributed by atoms with E-state index in [0.717, 1.165) is 35.3 Å². The maximum absolute atomic E-state index is 13.1. The van der Waals surface area contributed by atoms with E-state index in [9.17, 15) is 4.79 Å². The highest BCUT2D eigenvalue weighted by Crippen LogP contribution is 2.32. The van der Waals surface area contributed by atoms with Gasteiger partial charge in [0.25, 0.3) is 5.56 Å². The molecule has 0 saturated heterocycles. The fourth-order valence-corrected chi connectivity index (χ4v) is 4.81. The van der Waals surface area contributed by atoms with Crippen LogP contribution >= 0.6 is 11.3 Å². The third-order valence-corrected chi connectivity index (χ3v) is 6.20. The molecule has 0 unspecified atom stereocenters. The Morgan fingerprint density at radius 3 is 2.92 bits per heavy atom. The zero-order chi connectivity index (χ0) is 17.9. The summed E-state index contributed by atoms with van der Waals surface area (Å²) in [5, 5.41) is 8.99. The molecule has 3 heterocycles. The number of aromatic nitrogens is 5. The van der Waals surface area contributed by atoms with Crippen LogP contribution in [0.4, 0.5) is 0 Å². The van der Waals surface area contributed by atoms with E-state index in [4.69, 9.17) is 4.74 Å². The lowest BCUT2D eigenvalue weighted by Crippen LogP contribution is -2.22. The topological polar surface area (TPSA) is 74.8 Å². The first-order valence-corrected chi connectivity index (χ1v) is 9.95. The SMILES string of the molecule is COCCn1cnnc1CCn1cnc2sc3c(c2c1=O)CCCCC3. The van der Waals surface area contributed by atoms with Gasteiger partial charge >= 0.3 is 0 Å². The zero-order valence-electron chi connectivity index (χ0n) is 15.0. The van der Waals surface area contributed by atoms with E-state index in [2.05, 4.69) is 15.2 Å². The van der Waals surface area contributed by atoms with Crippen LogP contribution in [0.25, 0.3) is 10.2 Å². The summed E-state index contributed by atoms with van der Waals surface area (Å²) < 4.78 is 8.80. The van der Waals surface area contributed by atoms with Crippen LogP contribution in [0, 0.1) is 0 Å². The Kier molecular flexibility index (Phi) is 5.12. The number of fused-ring (bicyclic) bond motifs is 3. The van der Waals surface area contributed by atoms with Crippen molar-refractivity contribution in [2.24, 2.45) is 0 Å². The quantitative estimate of drug-likeness (QED) is 0.619. The lowest BCUT2D eigenvalue weighted by atomic mass is 10.1. The van der Waals surface area contributed by atoms with Crippen LogP contribution in [-0.2, 0) is 37.1 Å². The second-order valence-corrected chi connectivity index (χ2v) is 7.75. The monoisotopic (exact) mass is 373 g/mol. The molecule has 138 valence electrons. The molecule has 0 aromatic carbocycles. The van der Waals surface area contributed by atoms with E-state index in [-0.39, 0.29) is 5.56 Å². The highest BCUT2D eigenvalue weighted by atomic mass is 32.1. The fraction of sp³-hybridized carbons (Fsp3) is 0.556. The minimum absolute atomic E-state index is 0.0809. The molecule has 26 heavy (non-hydrogen) atoms. The van der Waals surface area contributed by atoms with E-state index in [0.29, 0.717) is 26.1 Å². The first-order valence-electron chi connectivity index (χ1n) is 9.13. The number of nitrogens with zero attached hydrogens (tertiary/aromatic N) is 5. The van der Waals surface area contributed by atoms with Crippen LogP contribution in [0.2, 0.25) is 0 Å². The second-order valence-electron chi connectivity index (χ2n) is 6.67. The second kappa shape index (κ2) is 7.67. The van der Waals surface area contributed by atoms with E-state index in [1.54, 1.807) is 35.7 Å². The molecule has 0 aliphatic heterocycles. The molecule has 7 nitrogen and oxygen atoms in total. The molecule has 0 spiro atoms. The normalized spacial score (nSPS) is 14.5. The number of hydrogen-bond acceptors (Lipinski definition) is 6. The molecule has 1 aliphatic carbocycles. The molecule has 3 aromatic rings. The summed E-state index contributed by atoms with van der Waals surface area (Å²) in [5.74, 6) is 0.859. The van der Waals surface area contributed by atoms with Gasteiger partial charge in [0.15, 0.2) is 0 Å².